The van der Waals surface area contributed by atoms with Crippen molar-refractivity contribution in [2.75, 3.05) is 11.1 Å². The van der Waals surface area contributed by atoms with Gasteiger partial charge in [0.1, 0.15) is 11.6 Å². The molecule has 3 aromatic rings. The van der Waals surface area contributed by atoms with Crippen molar-refractivity contribution >= 4 is 35.1 Å². The summed E-state index contributed by atoms with van der Waals surface area (Å²) >= 11 is 7.51. The monoisotopic (exact) mass is 385 g/mol. The first-order valence-electron chi connectivity index (χ1n) is 8.09. The number of nitrogens with one attached hydrogen (secondary N) is 1. The van der Waals surface area contributed by atoms with E-state index in [1.54, 1.807) is 28.9 Å². The van der Waals surface area contributed by atoms with E-state index in [0.717, 1.165) is 22.5 Å². The smallest absolute Gasteiger partial charge is 0.235 e. The van der Waals surface area contributed by atoms with Crippen LogP contribution in [0.4, 0.5) is 5.82 Å². The van der Waals surface area contributed by atoms with Crippen molar-refractivity contribution in [3.8, 4) is 11.4 Å². The molecule has 0 unspecified atom stereocenters. The molecule has 2 heterocycles. The summed E-state index contributed by atoms with van der Waals surface area (Å²) < 4.78 is 1.74. The summed E-state index contributed by atoms with van der Waals surface area (Å²) in [6.07, 6.45) is 0. The lowest BCUT2D eigenvalue weighted by Crippen LogP contribution is -2.15. The number of nitrogens with zero attached hydrogens (tertiary/aromatic N) is 2. The fourth-order valence-electron chi connectivity index (χ4n) is 3.10. The van der Waals surface area contributed by atoms with Gasteiger partial charge in [-0.2, -0.15) is 5.10 Å². The number of anilines is 1. The molecule has 0 spiro atoms. The van der Waals surface area contributed by atoms with E-state index in [0.29, 0.717) is 16.6 Å². The number of phenols is 1. The number of aromatic nitrogens is 2. The summed E-state index contributed by atoms with van der Waals surface area (Å²) in [5.74, 6) is 1.12. The molecular formula is C19H16ClN3O2S. The van der Waals surface area contributed by atoms with Crippen molar-refractivity contribution in [2.45, 2.75) is 12.2 Å². The average molecular weight is 386 g/mol. The number of amides is 1. The molecule has 132 valence electrons. The van der Waals surface area contributed by atoms with Gasteiger partial charge in [0.25, 0.3) is 0 Å². The third-order valence-corrected chi connectivity index (χ3v) is 5.77. The largest absolute Gasteiger partial charge is 0.508 e. The molecule has 1 atom stereocenters. The van der Waals surface area contributed by atoms with Crippen molar-refractivity contribution in [3.05, 3.63) is 70.4 Å². The van der Waals surface area contributed by atoms with Gasteiger partial charge in [-0.25, -0.2) is 4.68 Å². The zero-order chi connectivity index (χ0) is 18.3. The topological polar surface area (TPSA) is 67.1 Å². The number of carbonyl (C=O) groups excluding carboxylic acids is 1. The maximum Gasteiger partial charge on any atom is 0.235 e. The summed E-state index contributed by atoms with van der Waals surface area (Å²) in [5, 5.41) is 18.0. The fraction of sp³-hybridized carbons (Fsp3) is 0.158. The summed E-state index contributed by atoms with van der Waals surface area (Å²) in [7, 11) is 0. The molecule has 0 fully saturated rings. The van der Waals surface area contributed by atoms with Crippen LogP contribution in [0.1, 0.15) is 22.1 Å². The number of phenolic OH excluding ortho intramolecular Hbond substituents is 1. The third-order valence-electron chi connectivity index (χ3n) is 4.25. The van der Waals surface area contributed by atoms with E-state index >= 15 is 0 Å². The molecule has 2 N–H and O–H groups in total. The van der Waals surface area contributed by atoms with Gasteiger partial charge in [-0.05, 0) is 48.9 Å². The van der Waals surface area contributed by atoms with E-state index in [1.165, 1.54) is 11.8 Å². The molecule has 1 aliphatic rings. The lowest BCUT2D eigenvalue weighted by Gasteiger charge is -2.15. The van der Waals surface area contributed by atoms with Gasteiger partial charge in [-0.15, -0.1) is 11.8 Å². The summed E-state index contributed by atoms with van der Waals surface area (Å²) in [6, 6.07) is 14.4. The molecule has 2 aromatic carbocycles. The SMILES string of the molecule is Cc1nn(-c2ccc(Cl)cc2)c2c1[C@H](c1cccc(O)c1)SCC(=O)N2. The number of hydrogen-bond acceptors (Lipinski definition) is 4. The highest BCUT2D eigenvalue weighted by Crippen LogP contribution is 2.44. The number of thioether (sulfide) groups is 1. The van der Waals surface area contributed by atoms with Crippen molar-refractivity contribution in [3.63, 3.8) is 0 Å². The minimum atomic E-state index is -0.0999. The predicted molar refractivity (Wildman–Crippen MR) is 104 cm³/mol. The Kier molecular flexibility index (Phi) is 4.38. The highest BCUT2D eigenvalue weighted by Gasteiger charge is 2.30. The van der Waals surface area contributed by atoms with Gasteiger partial charge < -0.3 is 10.4 Å². The molecule has 1 aliphatic heterocycles. The van der Waals surface area contributed by atoms with Gasteiger partial charge >= 0.3 is 0 Å². The molecule has 0 saturated heterocycles. The van der Waals surface area contributed by atoms with Gasteiger partial charge in [-0.3, -0.25) is 4.79 Å². The molecule has 7 heteroatoms. The third kappa shape index (κ3) is 3.06. The van der Waals surface area contributed by atoms with Gasteiger partial charge in [0, 0.05) is 10.6 Å². The number of rotatable bonds is 2. The standard InChI is InChI=1S/C19H16ClN3O2S/c1-11-17-18(12-3-2-4-15(24)9-12)26-10-16(25)21-19(17)23(22-11)14-7-5-13(20)6-8-14/h2-9,18,24H,10H2,1H3,(H,21,25)/t18-/m0/s1. The van der Waals surface area contributed by atoms with E-state index in [-0.39, 0.29) is 16.9 Å². The Morgan fingerprint density at radius 1 is 1.27 bits per heavy atom. The van der Waals surface area contributed by atoms with Crippen LogP contribution in [0.3, 0.4) is 0 Å². The molecule has 0 aliphatic carbocycles. The van der Waals surface area contributed by atoms with Crippen LogP contribution >= 0.6 is 23.4 Å². The lowest BCUT2D eigenvalue weighted by molar-refractivity contribution is -0.113. The average Bonchev–Trinajstić information content (AvgIpc) is 2.82. The predicted octanol–water partition coefficient (Wildman–Crippen LogP) is 4.31. The Morgan fingerprint density at radius 2 is 2.04 bits per heavy atom. The Morgan fingerprint density at radius 3 is 2.77 bits per heavy atom. The lowest BCUT2D eigenvalue weighted by atomic mass is 10.0. The van der Waals surface area contributed by atoms with Crippen molar-refractivity contribution in [1.29, 1.82) is 0 Å². The molecule has 5 nitrogen and oxygen atoms in total. The molecule has 0 bridgehead atoms. The van der Waals surface area contributed by atoms with Crippen LogP contribution in [0.5, 0.6) is 5.75 Å². The number of carbonyl (C=O) groups is 1. The van der Waals surface area contributed by atoms with E-state index in [9.17, 15) is 9.90 Å². The van der Waals surface area contributed by atoms with Crippen molar-refractivity contribution in [2.24, 2.45) is 0 Å². The van der Waals surface area contributed by atoms with Crippen LogP contribution in [-0.2, 0) is 4.79 Å². The first kappa shape index (κ1) is 17.0. The number of fused-ring (bicyclic) bond motifs is 1. The van der Waals surface area contributed by atoms with Crippen LogP contribution in [0, 0.1) is 6.92 Å². The van der Waals surface area contributed by atoms with Crippen LogP contribution in [0.15, 0.2) is 48.5 Å². The second-order valence-electron chi connectivity index (χ2n) is 6.07. The number of aromatic hydroxyl groups is 1. The van der Waals surface area contributed by atoms with E-state index in [4.69, 9.17) is 11.6 Å². The van der Waals surface area contributed by atoms with Crippen LogP contribution in [0.25, 0.3) is 5.69 Å². The Hall–Kier alpha value is -2.44. The summed E-state index contributed by atoms with van der Waals surface area (Å²) in [5.41, 5.74) is 3.53. The molecule has 0 saturated carbocycles. The van der Waals surface area contributed by atoms with Gasteiger partial charge in [-0.1, -0.05) is 23.7 Å². The van der Waals surface area contributed by atoms with Crippen LogP contribution in [-0.4, -0.2) is 26.5 Å². The number of aryl methyl sites for hydroxylation is 1. The van der Waals surface area contributed by atoms with Crippen molar-refractivity contribution < 1.29 is 9.90 Å². The minimum absolute atomic E-state index is 0.0750. The molecular weight excluding hydrogens is 370 g/mol. The summed E-state index contributed by atoms with van der Waals surface area (Å²) in [6.45, 7) is 1.93. The maximum atomic E-state index is 12.3. The normalized spacial score (nSPS) is 16.7. The number of benzene rings is 2. The van der Waals surface area contributed by atoms with Crippen LogP contribution in [0.2, 0.25) is 5.02 Å². The second kappa shape index (κ2) is 6.70. The minimum Gasteiger partial charge on any atom is -0.508 e. The highest BCUT2D eigenvalue weighted by molar-refractivity contribution is 8.00. The van der Waals surface area contributed by atoms with Crippen molar-refractivity contribution in [1.82, 2.24) is 9.78 Å². The van der Waals surface area contributed by atoms with E-state index in [1.807, 2.05) is 31.2 Å². The first-order chi connectivity index (χ1) is 12.5. The van der Waals surface area contributed by atoms with Crippen LogP contribution < -0.4 is 5.32 Å². The Bertz CT molecular complexity index is 985. The number of halogens is 1. The molecule has 0 radical (unpaired) electrons. The number of hydrogen-bond donors (Lipinski definition) is 2. The van der Waals surface area contributed by atoms with Gasteiger partial charge in [0.05, 0.1) is 22.4 Å². The maximum absolute atomic E-state index is 12.3. The Balaban J connectivity index is 1.89. The highest BCUT2D eigenvalue weighted by atomic mass is 35.5. The summed E-state index contributed by atoms with van der Waals surface area (Å²) in [4.78, 5) is 12.3. The van der Waals surface area contributed by atoms with Gasteiger partial charge in [0.2, 0.25) is 5.91 Å². The van der Waals surface area contributed by atoms with Gasteiger partial charge in [0.15, 0.2) is 0 Å². The fourth-order valence-corrected chi connectivity index (χ4v) is 4.41. The van der Waals surface area contributed by atoms with E-state index in [2.05, 4.69) is 10.4 Å². The Labute approximate surface area is 160 Å². The zero-order valence-electron chi connectivity index (χ0n) is 13.9. The molecule has 1 aromatic heterocycles. The quantitative estimate of drug-likeness (QED) is 0.689. The molecule has 1 amide bonds. The molecule has 4 rings (SSSR count). The first-order valence-corrected chi connectivity index (χ1v) is 9.51. The second-order valence-corrected chi connectivity index (χ2v) is 7.60. The molecule has 26 heavy (non-hydrogen) atoms. The van der Waals surface area contributed by atoms with E-state index < -0.39 is 0 Å². The zero-order valence-corrected chi connectivity index (χ0v) is 15.5.